The Morgan fingerprint density at radius 3 is 2.76 bits per heavy atom. The van der Waals surface area contributed by atoms with Gasteiger partial charge in [-0.25, -0.2) is 14.2 Å². The molecule has 0 fully saturated rings. The molecule has 0 bridgehead atoms. The molecule has 0 saturated heterocycles. The highest BCUT2D eigenvalue weighted by molar-refractivity contribution is 5.92. The number of aryl methyl sites for hydroxylation is 3. The predicted octanol–water partition coefficient (Wildman–Crippen LogP) is 3.86. The van der Waals surface area contributed by atoms with E-state index in [1.807, 2.05) is 13.0 Å². The molecule has 5 rings (SSSR count). The van der Waals surface area contributed by atoms with Crippen molar-refractivity contribution in [3.8, 4) is 11.4 Å². The Morgan fingerprint density at radius 2 is 2.00 bits per heavy atom. The third kappa shape index (κ3) is 2.50. The van der Waals surface area contributed by atoms with Crippen LogP contribution in [0.1, 0.15) is 39.8 Å². The second-order valence-electron chi connectivity index (χ2n) is 7.76. The van der Waals surface area contributed by atoms with Crippen LogP contribution >= 0.6 is 0 Å². The molecule has 2 aliphatic rings. The second-order valence-corrected chi connectivity index (χ2v) is 7.76. The van der Waals surface area contributed by atoms with Crippen molar-refractivity contribution in [2.45, 2.75) is 46.3 Å². The van der Waals surface area contributed by atoms with Gasteiger partial charge < -0.3 is 14.4 Å². The third-order valence-electron chi connectivity index (χ3n) is 6.19. The number of halogens is 1. The number of benzene rings is 1. The summed E-state index contributed by atoms with van der Waals surface area (Å²) in [6.07, 6.45) is 1.22. The fourth-order valence-corrected chi connectivity index (χ4v) is 4.74. The number of hydrogen-bond acceptors (Lipinski definition) is 4. The van der Waals surface area contributed by atoms with Gasteiger partial charge in [-0.3, -0.25) is 4.79 Å². The Hall–Kier alpha value is -3.22. The van der Waals surface area contributed by atoms with Crippen LogP contribution in [0.2, 0.25) is 0 Å². The minimum atomic E-state index is -1.42. The van der Waals surface area contributed by atoms with Gasteiger partial charge in [0.15, 0.2) is 0 Å². The molecule has 0 spiro atoms. The van der Waals surface area contributed by atoms with E-state index in [-0.39, 0.29) is 18.0 Å². The SMILES string of the molecule is Cc1cc2n(c(=O)c1COC(=O)O)Cc1c-2nc2cc(F)c(C)c3c2c1CCC3. The van der Waals surface area contributed by atoms with Crippen LogP contribution in [0, 0.1) is 19.7 Å². The highest BCUT2D eigenvalue weighted by Gasteiger charge is 2.30. The topological polar surface area (TPSA) is 81.4 Å². The zero-order chi connectivity index (χ0) is 20.4. The molecule has 148 valence electrons. The first-order valence-electron chi connectivity index (χ1n) is 9.59. The molecular formula is C22H19FN2O4. The van der Waals surface area contributed by atoms with Crippen LogP contribution in [0.25, 0.3) is 22.3 Å². The van der Waals surface area contributed by atoms with E-state index in [4.69, 9.17) is 10.1 Å². The lowest BCUT2D eigenvalue weighted by molar-refractivity contribution is 0.0848. The number of fused-ring (bicyclic) bond motifs is 4. The second kappa shape index (κ2) is 6.14. The summed E-state index contributed by atoms with van der Waals surface area (Å²) in [6.45, 7) is 3.67. The highest BCUT2D eigenvalue weighted by Crippen LogP contribution is 2.41. The zero-order valence-electron chi connectivity index (χ0n) is 16.1. The van der Waals surface area contributed by atoms with Crippen LogP contribution in [0.3, 0.4) is 0 Å². The lowest BCUT2D eigenvalue weighted by Gasteiger charge is -2.21. The first kappa shape index (κ1) is 17.8. The zero-order valence-corrected chi connectivity index (χ0v) is 16.1. The molecule has 0 atom stereocenters. The number of nitrogens with zero attached hydrogens (tertiary/aromatic N) is 2. The van der Waals surface area contributed by atoms with E-state index in [1.165, 1.54) is 6.07 Å². The van der Waals surface area contributed by atoms with Crippen molar-refractivity contribution in [3.63, 3.8) is 0 Å². The molecule has 7 heteroatoms. The number of carbonyl (C=O) groups is 1. The number of carboxylic acid groups (broad SMARTS) is 1. The molecular weight excluding hydrogens is 375 g/mol. The Kier molecular flexibility index (Phi) is 3.78. The van der Waals surface area contributed by atoms with E-state index < -0.39 is 6.16 Å². The maximum atomic E-state index is 14.5. The average Bonchev–Trinajstić information content (AvgIpc) is 3.04. The van der Waals surface area contributed by atoms with Gasteiger partial charge in [0.25, 0.3) is 5.56 Å². The monoisotopic (exact) mass is 394 g/mol. The van der Waals surface area contributed by atoms with Gasteiger partial charge in [0.1, 0.15) is 12.4 Å². The Labute approximate surface area is 165 Å². The first-order chi connectivity index (χ1) is 13.9. The number of ether oxygens (including phenoxy) is 1. The first-order valence-corrected chi connectivity index (χ1v) is 9.59. The van der Waals surface area contributed by atoms with E-state index in [0.29, 0.717) is 34.4 Å². The fourth-order valence-electron chi connectivity index (χ4n) is 4.74. The van der Waals surface area contributed by atoms with E-state index in [1.54, 1.807) is 11.5 Å². The largest absolute Gasteiger partial charge is 0.506 e. The van der Waals surface area contributed by atoms with Crippen LogP contribution in [0.5, 0.6) is 0 Å². The third-order valence-corrected chi connectivity index (χ3v) is 6.19. The standard InChI is InChI=1S/C22H19FN2O4/c1-10-6-18-20-14(8-25(18)21(26)15(10)9-29-22(27)28)13-5-3-4-12-11(2)16(23)7-17(24-20)19(12)13/h6-7H,3-5,8-9H2,1-2H3,(H,27,28). The highest BCUT2D eigenvalue weighted by atomic mass is 19.1. The van der Waals surface area contributed by atoms with Crippen molar-refractivity contribution < 1.29 is 19.0 Å². The van der Waals surface area contributed by atoms with Crippen molar-refractivity contribution in [1.82, 2.24) is 9.55 Å². The summed E-state index contributed by atoms with van der Waals surface area (Å²) in [5.74, 6) is -0.250. The molecule has 6 nitrogen and oxygen atoms in total. The summed E-state index contributed by atoms with van der Waals surface area (Å²) in [7, 11) is 0. The lowest BCUT2D eigenvalue weighted by atomic mass is 9.85. The van der Waals surface area contributed by atoms with Gasteiger partial charge in [0.2, 0.25) is 0 Å². The van der Waals surface area contributed by atoms with E-state index in [2.05, 4.69) is 4.74 Å². The normalized spacial score (nSPS) is 14.0. The van der Waals surface area contributed by atoms with Gasteiger partial charge in [-0.15, -0.1) is 0 Å². The molecule has 29 heavy (non-hydrogen) atoms. The summed E-state index contributed by atoms with van der Waals surface area (Å²) in [4.78, 5) is 28.6. The number of rotatable bonds is 2. The quantitative estimate of drug-likeness (QED) is 0.522. The molecule has 1 aliphatic carbocycles. The molecule has 1 N–H and O–H groups in total. The molecule has 0 unspecified atom stereocenters. The minimum absolute atomic E-state index is 0.250. The van der Waals surface area contributed by atoms with E-state index >= 15 is 0 Å². The fraction of sp³-hybridized carbons (Fsp3) is 0.318. The maximum Gasteiger partial charge on any atom is 0.506 e. The van der Waals surface area contributed by atoms with Gasteiger partial charge in [0.05, 0.1) is 29.0 Å². The van der Waals surface area contributed by atoms with E-state index in [9.17, 15) is 14.0 Å². The van der Waals surface area contributed by atoms with E-state index in [0.717, 1.165) is 47.0 Å². The average molecular weight is 394 g/mol. The summed E-state index contributed by atoms with van der Waals surface area (Å²) < 4.78 is 20.7. The lowest BCUT2D eigenvalue weighted by Crippen LogP contribution is -2.25. The Bertz CT molecular complexity index is 1290. The molecule has 3 heterocycles. The molecule has 0 amide bonds. The van der Waals surface area contributed by atoms with Crippen molar-refractivity contribution in [1.29, 1.82) is 0 Å². The van der Waals surface area contributed by atoms with Crippen molar-refractivity contribution >= 4 is 17.1 Å². The van der Waals surface area contributed by atoms with Crippen molar-refractivity contribution in [2.24, 2.45) is 0 Å². The maximum absolute atomic E-state index is 14.5. The molecule has 1 aromatic carbocycles. The summed E-state index contributed by atoms with van der Waals surface area (Å²) in [5.41, 5.74) is 6.61. The summed E-state index contributed by atoms with van der Waals surface area (Å²) >= 11 is 0. The molecule has 1 aliphatic heterocycles. The number of hydrogen-bond donors (Lipinski definition) is 1. The van der Waals surface area contributed by atoms with Crippen LogP contribution in [-0.2, 0) is 30.7 Å². The summed E-state index contributed by atoms with van der Waals surface area (Å²) in [6, 6.07) is 3.33. The van der Waals surface area contributed by atoms with Gasteiger partial charge in [-0.05, 0) is 61.4 Å². The van der Waals surface area contributed by atoms with Crippen LogP contribution in [-0.4, -0.2) is 20.8 Å². The van der Waals surface area contributed by atoms with Crippen LogP contribution in [0.4, 0.5) is 9.18 Å². The Morgan fingerprint density at radius 1 is 1.24 bits per heavy atom. The van der Waals surface area contributed by atoms with Gasteiger partial charge in [-0.1, -0.05) is 0 Å². The number of pyridine rings is 2. The molecule has 2 aromatic heterocycles. The summed E-state index contributed by atoms with van der Waals surface area (Å²) in [5, 5.41) is 9.80. The van der Waals surface area contributed by atoms with Gasteiger partial charge in [0, 0.05) is 17.0 Å². The minimum Gasteiger partial charge on any atom is -0.450 e. The predicted molar refractivity (Wildman–Crippen MR) is 105 cm³/mol. The van der Waals surface area contributed by atoms with Crippen LogP contribution in [0.15, 0.2) is 16.9 Å². The molecule has 0 radical (unpaired) electrons. The van der Waals surface area contributed by atoms with Crippen molar-refractivity contribution in [2.75, 3.05) is 0 Å². The van der Waals surface area contributed by atoms with Gasteiger partial charge in [-0.2, -0.15) is 0 Å². The Balaban J connectivity index is 1.75. The van der Waals surface area contributed by atoms with Gasteiger partial charge >= 0.3 is 6.16 Å². The van der Waals surface area contributed by atoms with Crippen molar-refractivity contribution in [3.05, 3.63) is 61.7 Å². The molecule has 0 saturated carbocycles. The number of aromatic nitrogens is 2. The van der Waals surface area contributed by atoms with Crippen LogP contribution < -0.4 is 5.56 Å². The smallest absolute Gasteiger partial charge is 0.450 e. The molecule has 3 aromatic rings.